The summed E-state index contributed by atoms with van der Waals surface area (Å²) in [4.78, 5) is 38.0. The number of nitrogens with two attached hydrogens (primary N) is 1. The zero-order valence-corrected chi connectivity index (χ0v) is 24.2. The molecule has 1 saturated heterocycles. The van der Waals surface area contributed by atoms with E-state index >= 15 is 0 Å². The number of hydrogen-bond donors (Lipinski definition) is 4. The van der Waals surface area contributed by atoms with Crippen LogP contribution in [0.25, 0.3) is 16.9 Å². The van der Waals surface area contributed by atoms with Crippen LogP contribution in [0.1, 0.15) is 41.7 Å². The van der Waals surface area contributed by atoms with E-state index in [1.807, 2.05) is 5.10 Å². The lowest BCUT2D eigenvalue weighted by atomic mass is 9.92. The maximum Gasteiger partial charge on any atom is 0.433 e. The first-order valence-electron chi connectivity index (χ1n) is 14.2. The predicted molar refractivity (Wildman–Crippen MR) is 157 cm³/mol. The normalized spacial score (nSPS) is 19.3. The standard InChI is InChI=1S/C28H30ClF3N10O2/c29-21-13-18(37-24-25-35-15-22(42(25)8-7-34-24)20-14-36-39-23(20)28(30,31)32)5-6-19(21)26(43)40-9-11-41(12-10-40)27(44)38-17-3-1-16(33)2-4-17/h5-8,13-17H,1-4,9-12,33H2,(H,34,37)(H,36,39)(H,38,44). The highest BCUT2D eigenvalue weighted by molar-refractivity contribution is 6.34. The van der Waals surface area contributed by atoms with Gasteiger partial charge in [-0.1, -0.05) is 11.6 Å². The Hall–Kier alpha value is -4.37. The van der Waals surface area contributed by atoms with Gasteiger partial charge in [0, 0.05) is 56.3 Å². The summed E-state index contributed by atoms with van der Waals surface area (Å²) >= 11 is 6.53. The van der Waals surface area contributed by atoms with Crippen molar-refractivity contribution in [3.8, 4) is 11.3 Å². The Labute approximate surface area is 254 Å². The second-order valence-corrected chi connectivity index (χ2v) is 11.3. The topological polar surface area (TPSA) is 150 Å². The van der Waals surface area contributed by atoms with Gasteiger partial charge in [0.1, 0.15) is 5.69 Å². The maximum atomic E-state index is 13.4. The van der Waals surface area contributed by atoms with Crippen LogP contribution in [0.15, 0.2) is 43.0 Å². The molecule has 1 saturated carbocycles. The number of rotatable bonds is 5. The van der Waals surface area contributed by atoms with Crippen LogP contribution in [-0.2, 0) is 6.18 Å². The largest absolute Gasteiger partial charge is 0.433 e. The number of halogens is 4. The summed E-state index contributed by atoms with van der Waals surface area (Å²) in [6.45, 7) is 1.57. The molecule has 5 N–H and O–H groups in total. The van der Waals surface area contributed by atoms with E-state index in [4.69, 9.17) is 17.3 Å². The molecule has 0 bridgehead atoms. The minimum atomic E-state index is -4.62. The highest BCUT2D eigenvalue weighted by Crippen LogP contribution is 2.36. The Bertz CT molecular complexity index is 1670. The van der Waals surface area contributed by atoms with Gasteiger partial charge in [-0.05, 0) is 43.9 Å². The van der Waals surface area contributed by atoms with Gasteiger partial charge in [-0.2, -0.15) is 18.3 Å². The lowest BCUT2D eigenvalue weighted by Crippen LogP contribution is -2.55. The molecule has 4 aromatic rings. The minimum Gasteiger partial charge on any atom is -0.337 e. The molecule has 1 aromatic carbocycles. The summed E-state index contributed by atoms with van der Waals surface area (Å²) in [6, 6.07) is 5.04. The molecule has 232 valence electrons. The molecule has 2 aliphatic rings. The van der Waals surface area contributed by atoms with Crippen LogP contribution < -0.4 is 16.4 Å². The van der Waals surface area contributed by atoms with Crippen LogP contribution in [0.2, 0.25) is 5.02 Å². The number of imidazole rings is 1. The van der Waals surface area contributed by atoms with E-state index in [1.165, 1.54) is 23.0 Å². The number of alkyl halides is 3. The number of hydrogen-bond acceptors (Lipinski definition) is 7. The number of nitrogens with zero attached hydrogens (tertiary/aromatic N) is 6. The predicted octanol–water partition coefficient (Wildman–Crippen LogP) is 4.27. The van der Waals surface area contributed by atoms with Crippen molar-refractivity contribution in [1.29, 1.82) is 0 Å². The molecule has 0 unspecified atom stereocenters. The van der Waals surface area contributed by atoms with Gasteiger partial charge in [0.15, 0.2) is 11.5 Å². The van der Waals surface area contributed by atoms with E-state index in [2.05, 4.69) is 25.7 Å². The summed E-state index contributed by atoms with van der Waals surface area (Å²) < 4.78 is 41.8. The van der Waals surface area contributed by atoms with Gasteiger partial charge in [0.25, 0.3) is 5.91 Å². The molecular weight excluding hydrogens is 601 g/mol. The number of H-pyrrole nitrogens is 1. The molecule has 44 heavy (non-hydrogen) atoms. The van der Waals surface area contributed by atoms with Crippen LogP contribution in [0.4, 0.5) is 29.5 Å². The quantitative estimate of drug-likeness (QED) is 0.257. The molecule has 0 spiro atoms. The van der Waals surface area contributed by atoms with Crippen molar-refractivity contribution >= 4 is 40.7 Å². The summed E-state index contributed by atoms with van der Waals surface area (Å²) in [5.41, 5.74) is 6.10. The first-order valence-corrected chi connectivity index (χ1v) is 14.6. The fraction of sp³-hybridized carbons (Fsp3) is 0.393. The van der Waals surface area contributed by atoms with Crippen LogP contribution >= 0.6 is 11.6 Å². The van der Waals surface area contributed by atoms with Gasteiger partial charge in [-0.3, -0.25) is 14.3 Å². The molecule has 2 fully saturated rings. The smallest absolute Gasteiger partial charge is 0.337 e. The Morgan fingerprint density at radius 2 is 1.75 bits per heavy atom. The second kappa shape index (κ2) is 12.0. The molecule has 1 aliphatic carbocycles. The number of aromatic amines is 1. The van der Waals surface area contributed by atoms with E-state index in [0.29, 0.717) is 37.4 Å². The Morgan fingerprint density at radius 3 is 2.45 bits per heavy atom. The van der Waals surface area contributed by atoms with Crippen molar-refractivity contribution < 1.29 is 22.8 Å². The van der Waals surface area contributed by atoms with Crippen molar-refractivity contribution in [3.05, 3.63) is 59.3 Å². The number of aromatic nitrogens is 5. The van der Waals surface area contributed by atoms with E-state index in [0.717, 1.165) is 31.9 Å². The van der Waals surface area contributed by atoms with E-state index in [1.54, 1.807) is 28.0 Å². The van der Waals surface area contributed by atoms with Gasteiger partial charge in [0.2, 0.25) is 0 Å². The molecule has 3 aromatic heterocycles. The highest BCUT2D eigenvalue weighted by atomic mass is 35.5. The summed E-state index contributed by atoms with van der Waals surface area (Å²) in [5.74, 6) is 0.0259. The average Bonchev–Trinajstić information content (AvgIpc) is 3.66. The van der Waals surface area contributed by atoms with E-state index in [-0.39, 0.29) is 51.8 Å². The van der Waals surface area contributed by atoms with Crippen molar-refractivity contribution in [2.75, 3.05) is 31.5 Å². The van der Waals surface area contributed by atoms with Gasteiger partial charge in [-0.25, -0.2) is 14.8 Å². The third-order valence-electron chi connectivity index (χ3n) is 8.04. The molecule has 0 atom stereocenters. The molecule has 16 heteroatoms. The number of nitrogens with one attached hydrogen (secondary N) is 3. The molecule has 3 amide bonds. The molecule has 4 heterocycles. The molecule has 12 nitrogen and oxygen atoms in total. The summed E-state index contributed by atoms with van der Waals surface area (Å²) in [7, 11) is 0. The van der Waals surface area contributed by atoms with Crippen LogP contribution in [-0.4, -0.2) is 84.6 Å². The van der Waals surface area contributed by atoms with Crippen molar-refractivity contribution in [3.63, 3.8) is 0 Å². The van der Waals surface area contributed by atoms with Crippen molar-refractivity contribution in [2.45, 2.75) is 43.9 Å². The Morgan fingerprint density at radius 1 is 1.02 bits per heavy atom. The van der Waals surface area contributed by atoms with Gasteiger partial charge in [0.05, 0.1) is 34.2 Å². The average molecular weight is 631 g/mol. The van der Waals surface area contributed by atoms with Crippen LogP contribution in [0.3, 0.4) is 0 Å². The second-order valence-electron chi connectivity index (χ2n) is 10.9. The summed E-state index contributed by atoms with van der Waals surface area (Å²) in [6.07, 6.45) is 4.26. The third-order valence-corrected chi connectivity index (χ3v) is 8.36. The number of piperazine rings is 1. The van der Waals surface area contributed by atoms with Crippen molar-refractivity contribution in [2.24, 2.45) is 5.73 Å². The van der Waals surface area contributed by atoms with Gasteiger partial charge >= 0.3 is 12.2 Å². The lowest BCUT2D eigenvalue weighted by Gasteiger charge is -2.36. The minimum absolute atomic E-state index is 0.121. The Balaban J connectivity index is 1.10. The number of amides is 3. The van der Waals surface area contributed by atoms with Gasteiger partial charge < -0.3 is 26.2 Å². The number of fused-ring (bicyclic) bond motifs is 1. The maximum absolute atomic E-state index is 13.4. The fourth-order valence-corrected chi connectivity index (χ4v) is 5.88. The number of carbonyl (C=O) groups is 2. The molecular formula is C28H30ClF3N10O2. The molecule has 0 radical (unpaired) electrons. The third kappa shape index (κ3) is 6.01. The van der Waals surface area contributed by atoms with E-state index in [9.17, 15) is 22.8 Å². The van der Waals surface area contributed by atoms with Crippen LogP contribution in [0.5, 0.6) is 0 Å². The number of benzene rings is 1. The zero-order chi connectivity index (χ0) is 31.0. The number of anilines is 2. The number of carbonyl (C=O) groups excluding carboxylic acids is 2. The SMILES string of the molecule is NC1CCC(NC(=O)N2CCN(C(=O)c3ccc(Nc4nccn5c(-c6cn[nH]c6C(F)(F)F)cnc45)cc3Cl)CC2)CC1. The van der Waals surface area contributed by atoms with Gasteiger partial charge in [-0.15, -0.1) is 0 Å². The van der Waals surface area contributed by atoms with Crippen molar-refractivity contribution in [1.82, 2.24) is 39.7 Å². The highest BCUT2D eigenvalue weighted by Gasteiger charge is 2.37. The first-order chi connectivity index (χ1) is 21.1. The monoisotopic (exact) mass is 630 g/mol. The lowest BCUT2D eigenvalue weighted by molar-refractivity contribution is -0.140. The zero-order valence-electron chi connectivity index (χ0n) is 23.4. The molecule has 1 aliphatic heterocycles. The fourth-order valence-electron chi connectivity index (χ4n) is 5.62. The Kier molecular flexibility index (Phi) is 8.07. The van der Waals surface area contributed by atoms with Crippen LogP contribution in [0, 0.1) is 0 Å². The number of urea groups is 1. The van der Waals surface area contributed by atoms with E-state index < -0.39 is 11.9 Å². The first kappa shape index (κ1) is 29.7. The molecule has 6 rings (SSSR count). The summed E-state index contributed by atoms with van der Waals surface area (Å²) in [5, 5.41) is 11.9.